The van der Waals surface area contributed by atoms with Crippen LogP contribution in [0, 0.1) is 10.8 Å². The Morgan fingerprint density at radius 2 is 0.919 bits per heavy atom. The van der Waals surface area contributed by atoms with Crippen molar-refractivity contribution in [2.24, 2.45) is 10.8 Å². The second-order valence-corrected chi connectivity index (χ2v) is 15.4. The van der Waals surface area contributed by atoms with Crippen LogP contribution in [0.2, 0.25) is 0 Å². The van der Waals surface area contributed by atoms with Crippen LogP contribution < -0.4 is 0 Å². The minimum Gasteiger partial charge on any atom is -0.0579 e. The molecule has 0 nitrogen and oxygen atoms in total. The van der Waals surface area contributed by atoms with Crippen molar-refractivity contribution in [3.63, 3.8) is 0 Å². The summed E-state index contributed by atoms with van der Waals surface area (Å²) in [6.07, 6.45) is 26.0. The van der Waals surface area contributed by atoms with Crippen LogP contribution in [0.3, 0.4) is 0 Å². The summed E-state index contributed by atoms with van der Waals surface area (Å²) in [4.78, 5) is 0. The van der Waals surface area contributed by atoms with Gasteiger partial charge in [0, 0.05) is 4.47 Å². The Morgan fingerprint density at radius 3 is 1.38 bits per heavy atom. The molecule has 4 aliphatic rings. The zero-order valence-corrected chi connectivity index (χ0v) is 25.2. The molecule has 6 rings (SSSR count). The molecule has 37 heavy (non-hydrogen) atoms. The lowest BCUT2D eigenvalue weighted by Crippen LogP contribution is -2.36. The zero-order chi connectivity index (χ0) is 25.6. The molecule has 200 valence electrons. The molecule has 0 radical (unpaired) electrons. The molecule has 0 bridgehead atoms. The third-order valence-corrected chi connectivity index (χ3v) is 12.9. The Labute approximate surface area is 235 Å². The lowest BCUT2D eigenvalue weighted by Gasteiger charge is -2.47. The molecule has 0 aliphatic heterocycles. The van der Waals surface area contributed by atoms with Gasteiger partial charge in [0.2, 0.25) is 0 Å². The van der Waals surface area contributed by atoms with Crippen LogP contribution in [0.5, 0.6) is 0 Å². The first-order chi connectivity index (χ1) is 17.8. The first-order valence-electron chi connectivity index (χ1n) is 15.7. The van der Waals surface area contributed by atoms with E-state index in [1.165, 1.54) is 137 Å². The summed E-state index contributed by atoms with van der Waals surface area (Å²) in [5.74, 6) is 0. The summed E-state index contributed by atoms with van der Waals surface area (Å²) in [6.45, 7) is 5.06. The van der Waals surface area contributed by atoms with Crippen LogP contribution in [0.25, 0.3) is 11.1 Å². The number of rotatable bonds is 3. The molecule has 4 fully saturated rings. The highest BCUT2D eigenvalue weighted by Crippen LogP contribution is 2.55. The summed E-state index contributed by atoms with van der Waals surface area (Å²) in [6, 6.07) is 17.0. The van der Waals surface area contributed by atoms with Gasteiger partial charge in [-0.05, 0) is 127 Å². The molecule has 0 unspecified atom stereocenters. The van der Waals surface area contributed by atoms with Gasteiger partial charge in [0.05, 0.1) is 0 Å². The Kier molecular flexibility index (Phi) is 7.17. The summed E-state index contributed by atoms with van der Waals surface area (Å²) in [5, 5.41) is 0. The van der Waals surface area contributed by atoms with Gasteiger partial charge in [-0.3, -0.25) is 0 Å². The van der Waals surface area contributed by atoms with Crippen molar-refractivity contribution in [3.8, 4) is 11.1 Å². The Hall–Kier alpha value is -1.08. The molecule has 0 atom stereocenters. The largest absolute Gasteiger partial charge is 0.0579 e. The standard InChI is InChI=1S/C36H49Br/c1-33(19-23-35(24-20-33)15-5-3-6-16-35)29-11-9-28(10-12-29)31-14-13-30(27-32(31)37)34(2)21-25-36(26-22-34)17-7-4-8-18-36/h9-14,27H,3-8,15-26H2,1-2H3. The molecule has 0 saturated heterocycles. The molecule has 0 amide bonds. The predicted molar refractivity (Wildman–Crippen MR) is 162 cm³/mol. The van der Waals surface area contributed by atoms with E-state index in [1.54, 1.807) is 5.56 Å². The number of halogens is 1. The Balaban J connectivity index is 1.14. The van der Waals surface area contributed by atoms with Crippen LogP contribution in [-0.4, -0.2) is 0 Å². The van der Waals surface area contributed by atoms with Crippen molar-refractivity contribution in [2.75, 3.05) is 0 Å². The molecule has 2 aromatic carbocycles. The van der Waals surface area contributed by atoms with E-state index < -0.39 is 0 Å². The lowest BCUT2D eigenvalue weighted by atomic mass is 9.58. The van der Waals surface area contributed by atoms with Crippen molar-refractivity contribution in [1.82, 2.24) is 0 Å². The van der Waals surface area contributed by atoms with E-state index in [4.69, 9.17) is 0 Å². The second kappa shape index (κ2) is 10.1. The monoisotopic (exact) mass is 560 g/mol. The van der Waals surface area contributed by atoms with Crippen molar-refractivity contribution in [3.05, 3.63) is 58.1 Å². The van der Waals surface area contributed by atoms with Crippen molar-refractivity contribution < 1.29 is 0 Å². The van der Waals surface area contributed by atoms with Crippen molar-refractivity contribution >= 4 is 15.9 Å². The lowest BCUT2D eigenvalue weighted by molar-refractivity contribution is 0.0875. The average Bonchev–Trinajstić information content (AvgIpc) is 2.94. The minimum atomic E-state index is 0.332. The van der Waals surface area contributed by atoms with Crippen molar-refractivity contribution in [1.29, 1.82) is 0 Å². The second-order valence-electron chi connectivity index (χ2n) is 14.5. The fourth-order valence-electron chi connectivity index (χ4n) is 9.02. The highest BCUT2D eigenvalue weighted by atomic mass is 79.9. The highest BCUT2D eigenvalue weighted by molar-refractivity contribution is 9.10. The van der Waals surface area contributed by atoms with Gasteiger partial charge in [-0.15, -0.1) is 0 Å². The number of hydrogen-bond acceptors (Lipinski definition) is 0. The first kappa shape index (κ1) is 26.2. The maximum absolute atomic E-state index is 3.99. The van der Waals surface area contributed by atoms with Gasteiger partial charge in [-0.25, -0.2) is 0 Å². The van der Waals surface area contributed by atoms with Gasteiger partial charge in [-0.2, -0.15) is 0 Å². The third-order valence-electron chi connectivity index (χ3n) is 12.2. The normalized spacial score (nSPS) is 28.8. The van der Waals surface area contributed by atoms with Crippen molar-refractivity contribution in [2.45, 2.75) is 140 Å². The van der Waals surface area contributed by atoms with E-state index in [1.807, 2.05) is 0 Å². The fourth-order valence-corrected chi connectivity index (χ4v) is 9.63. The van der Waals surface area contributed by atoms with E-state index >= 15 is 0 Å². The van der Waals surface area contributed by atoms with Gasteiger partial charge in [0.15, 0.2) is 0 Å². The first-order valence-corrected chi connectivity index (χ1v) is 16.5. The summed E-state index contributed by atoms with van der Waals surface area (Å²) < 4.78 is 1.26. The average molecular weight is 562 g/mol. The number of benzene rings is 2. The topological polar surface area (TPSA) is 0 Å². The highest BCUT2D eigenvalue weighted by Gasteiger charge is 2.42. The molecular weight excluding hydrogens is 512 g/mol. The predicted octanol–water partition coefficient (Wildman–Crippen LogP) is 11.7. The van der Waals surface area contributed by atoms with E-state index in [0.29, 0.717) is 21.7 Å². The van der Waals surface area contributed by atoms with Gasteiger partial charge in [0.1, 0.15) is 0 Å². The molecule has 4 aliphatic carbocycles. The minimum absolute atomic E-state index is 0.332. The summed E-state index contributed by atoms with van der Waals surface area (Å²) >= 11 is 3.99. The molecule has 1 heteroatoms. The number of hydrogen-bond donors (Lipinski definition) is 0. The Bertz CT molecular complexity index is 1060. The molecular formula is C36H49Br. The van der Waals surface area contributed by atoms with Crippen LogP contribution in [0.15, 0.2) is 46.9 Å². The molecule has 2 aromatic rings. The van der Waals surface area contributed by atoms with E-state index in [0.717, 1.165) is 0 Å². The van der Waals surface area contributed by atoms with Crippen LogP contribution >= 0.6 is 15.9 Å². The maximum Gasteiger partial charge on any atom is 0.0256 e. The van der Waals surface area contributed by atoms with E-state index in [-0.39, 0.29) is 0 Å². The summed E-state index contributed by atoms with van der Waals surface area (Å²) in [5.41, 5.74) is 7.84. The molecule has 0 heterocycles. The fraction of sp³-hybridized carbons (Fsp3) is 0.667. The molecule has 0 aromatic heterocycles. The summed E-state index contributed by atoms with van der Waals surface area (Å²) in [7, 11) is 0. The van der Waals surface area contributed by atoms with E-state index in [2.05, 4.69) is 72.2 Å². The zero-order valence-electron chi connectivity index (χ0n) is 23.6. The van der Waals surface area contributed by atoms with Gasteiger partial charge in [-0.1, -0.05) is 105 Å². The van der Waals surface area contributed by atoms with Gasteiger partial charge in [0.25, 0.3) is 0 Å². The van der Waals surface area contributed by atoms with Crippen LogP contribution in [-0.2, 0) is 10.8 Å². The molecule has 0 N–H and O–H groups in total. The third kappa shape index (κ3) is 5.13. The Morgan fingerprint density at radius 1 is 0.486 bits per heavy atom. The molecule has 4 saturated carbocycles. The van der Waals surface area contributed by atoms with Gasteiger partial charge >= 0.3 is 0 Å². The van der Waals surface area contributed by atoms with Crippen LogP contribution in [0.4, 0.5) is 0 Å². The van der Waals surface area contributed by atoms with E-state index in [9.17, 15) is 0 Å². The quantitative estimate of drug-likeness (QED) is 0.350. The SMILES string of the molecule is CC1(c2ccc(-c3ccc(C4(C)CCC5(CCCCC5)CC4)cc3Br)cc2)CCC2(CCCCC2)CC1. The van der Waals surface area contributed by atoms with Gasteiger partial charge < -0.3 is 0 Å². The maximum atomic E-state index is 3.99. The van der Waals surface area contributed by atoms with Crippen LogP contribution in [0.1, 0.15) is 141 Å². The molecule has 2 spiro atoms. The smallest absolute Gasteiger partial charge is 0.0256 e.